The maximum atomic E-state index is 13.4. The number of carbonyl (C=O) groups excluding carboxylic acids is 1. The van der Waals surface area contributed by atoms with Crippen molar-refractivity contribution >= 4 is 40.5 Å². The van der Waals surface area contributed by atoms with E-state index in [0.29, 0.717) is 18.2 Å². The van der Waals surface area contributed by atoms with E-state index in [1.807, 2.05) is 10.6 Å². The van der Waals surface area contributed by atoms with Crippen LogP contribution in [-0.2, 0) is 12.4 Å². The smallest absolute Gasteiger partial charge is 0.417 e. The van der Waals surface area contributed by atoms with E-state index in [2.05, 4.69) is 4.98 Å². The third-order valence-corrected chi connectivity index (χ3v) is 4.68. The van der Waals surface area contributed by atoms with Gasteiger partial charge in [0.2, 0.25) is 11.6 Å². The molecule has 190 valence electrons. The van der Waals surface area contributed by atoms with E-state index in [1.54, 1.807) is 0 Å². The first-order valence-electron chi connectivity index (χ1n) is 9.39. The van der Waals surface area contributed by atoms with Crippen molar-refractivity contribution < 1.29 is 40.8 Å². The van der Waals surface area contributed by atoms with Crippen LogP contribution < -0.4 is 21.1 Å². The lowest BCUT2D eigenvalue weighted by atomic mass is 10.1. The van der Waals surface area contributed by atoms with Gasteiger partial charge in [0, 0.05) is 29.7 Å². The number of anilines is 3. The van der Waals surface area contributed by atoms with Gasteiger partial charge in [-0.3, -0.25) is 10.1 Å². The lowest BCUT2D eigenvalue weighted by Gasteiger charge is -2.15. The Bertz CT molecular complexity index is 1330. The highest BCUT2D eigenvalue weighted by Gasteiger charge is 2.34. The van der Waals surface area contributed by atoms with E-state index in [9.17, 15) is 41.3 Å². The van der Waals surface area contributed by atoms with E-state index in [4.69, 9.17) is 22.1 Å². The number of nitrogen functional groups attached to an aromatic ring is 1. The lowest BCUT2D eigenvalue weighted by molar-refractivity contribution is -0.384. The van der Waals surface area contributed by atoms with Crippen LogP contribution in [0.4, 0.5) is 54.0 Å². The van der Waals surface area contributed by atoms with Gasteiger partial charge in [-0.1, -0.05) is 11.6 Å². The van der Waals surface area contributed by atoms with Crippen molar-refractivity contribution in [2.45, 2.75) is 12.4 Å². The van der Waals surface area contributed by atoms with Crippen LogP contribution in [0.25, 0.3) is 0 Å². The summed E-state index contributed by atoms with van der Waals surface area (Å²) < 4.78 is 84.4. The fourth-order valence-electron chi connectivity index (χ4n) is 2.85. The van der Waals surface area contributed by atoms with Crippen molar-refractivity contribution in [1.29, 1.82) is 0 Å². The molecule has 9 nitrogen and oxygen atoms in total. The highest BCUT2D eigenvalue weighted by Crippen LogP contribution is 2.39. The average Bonchev–Trinajstić information content (AvgIpc) is 2.73. The van der Waals surface area contributed by atoms with Crippen LogP contribution in [0, 0.1) is 10.1 Å². The van der Waals surface area contributed by atoms with Crippen LogP contribution in [0.15, 0.2) is 48.7 Å². The van der Waals surface area contributed by atoms with Crippen LogP contribution in [0.3, 0.4) is 0 Å². The second kappa shape index (κ2) is 9.77. The number of nitrogens with one attached hydrogen (secondary N) is 2. The Morgan fingerprint density at radius 3 is 2.28 bits per heavy atom. The van der Waals surface area contributed by atoms with Crippen LogP contribution in [0.2, 0.25) is 5.02 Å². The molecular formula is C20H12ClF6N5O4. The number of alkyl halides is 6. The number of urea groups is 1. The molecule has 0 saturated carbocycles. The molecule has 0 aliphatic carbocycles. The zero-order valence-corrected chi connectivity index (χ0v) is 18.1. The van der Waals surface area contributed by atoms with Crippen molar-refractivity contribution in [1.82, 2.24) is 4.98 Å². The Hall–Kier alpha value is -4.27. The van der Waals surface area contributed by atoms with Gasteiger partial charge in [0.1, 0.15) is 5.75 Å². The molecule has 0 bridgehead atoms. The van der Waals surface area contributed by atoms with E-state index >= 15 is 0 Å². The van der Waals surface area contributed by atoms with Crippen LogP contribution in [-0.4, -0.2) is 15.9 Å². The van der Waals surface area contributed by atoms with Gasteiger partial charge >= 0.3 is 24.1 Å². The second-order valence-corrected chi connectivity index (χ2v) is 7.32. The number of hydrogen-bond acceptors (Lipinski definition) is 6. The molecule has 36 heavy (non-hydrogen) atoms. The molecule has 4 N–H and O–H groups in total. The molecule has 0 atom stereocenters. The maximum absolute atomic E-state index is 13.4. The molecule has 2 aromatic carbocycles. The minimum absolute atomic E-state index is 0.351. The van der Waals surface area contributed by atoms with Gasteiger partial charge < -0.3 is 21.1 Å². The number of nitrogens with two attached hydrogens (primary N) is 1. The van der Waals surface area contributed by atoms with Crippen molar-refractivity contribution in [3.05, 3.63) is 74.9 Å². The standard InChI is InChI=1S/C20H12ClF6N5O4/c21-14-2-1-10(8-13(14)20(25,26)27)30-18(33)31-11-5-9(19(22,23)24)6-12(7-11)36-15-3-4-29-17(28)16(15)32(34)35/h1-8H,(H2,28,29)(H2,30,31,33). The molecular weight excluding hydrogens is 524 g/mol. The Morgan fingerprint density at radius 1 is 1.00 bits per heavy atom. The third kappa shape index (κ3) is 6.24. The number of nitrogens with zero attached hydrogens (tertiary/aromatic N) is 2. The Kier molecular flexibility index (Phi) is 7.15. The number of halogens is 7. The number of amides is 2. The molecule has 0 radical (unpaired) electrons. The van der Waals surface area contributed by atoms with Gasteiger partial charge in [0.15, 0.2) is 0 Å². The number of pyridine rings is 1. The van der Waals surface area contributed by atoms with Crippen LogP contribution in [0.5, 0.6) is 11.5 Å². The van der Waals surface area contributed by atoms with Gasteiger partial charge in [0.25, 0.3) is 0 Å². The Morgan fingerprint density at radius 2 is 1.67 bits per heavy atom. The molecule has 1 heterocycles. The highest BCUT2D eigenvalue weighted by molar-refractivity contribution is 6.31. The predicted molar refractivity (Wildman–Crippen MR) is 116 cm³/mol. The van der Waals surface area contributed by atoms with Gasteiger partial charge in [-0.25, -0.2) is 9.78 Å². The topological polar surface area (TPSA) is 132 Å². The van der Waals surface area contributed by atoms with E-state index in [0.717, 1.165) is 30.5 Å². The van der Waals surface area contributed by atoms with Crippen molar-refractivity contribution in [2.24, 2.45) is 0 Å². The highest BCUT2D eigenvalue weighted by atomic mass is 35.5. The summed E-state index contributed by atoms with van der Waals surface area (Å²) in [7, 11) is 0. The molecule has 0 aliphatic heterocycles. The third-order valence-electron chi connectivity index (χ3n) is 4.35. The summed E-state index contributed by atoms with van der Waals surface area (Å²) in [6, 6.07) is 4.19. The van der Waals surface area contributed by atoms with E-state index in [1.165, 1.54) is 0 Å². The lowest BCUT2D eigenvalue weighted by Crippen LogP contribution is -2.20. The summed E-state index contributed by atoms with van der Waals surface area (Å²) in [4.78, 5) is 26.1. The zero-order chi connectivity index (χ0) is 26.8. The molecule has 0 spiro atoms. The summed E-state index contributed by atoms with van der Waals surface area (Å²) in [6.45, 7) is 0. The number of benzene rings is 2. The Balaban J connectivity index is 1.91. The van der Waals surface area contributed by atoms with Gasteiger partial charge in [0.05, 0.1) is 21.1 Å². The number of ether oxygens (including phenoxy) is 1. The number of nitro groups is 1. The molecule has 0 fully saturated rings. The average molecular weight is 536 g/mol. The molecule has 1 aromatic heterocycles. The minimum atomic E-state index is -4.92. The monoisotopic (exact) mass is 535 g/mol. The molecule has 0 saturated heterocycles. The van der Waals surface area contributed by atoms with Gasteiger partial charge in [-0.05, 0) is 30.3 Å². The molecule has 3 aromatic rings. The summed E-state index contributed by atoms with van der Waals surface area (Å²) in [5.74, 6) is -1.65. The minimum Gasteiger partial charge on any atom is -0.450 e. The number of aromatic nitrogens is 1. The van der Waals surface area contributed by atoms with Gasteiger partial charge in [-0.15, -0.1) is 0 Å². The SMILES string of the molecule is Nc1nccc(Oc2cc(NC(=O)Nc3ccc(Cl)c(C(F)(F)F)c3)cc(C(F)(F)F)c2)c1[N+](=O)[O-]. The fourth-order valence-corrected chi connectivity index (χ4v) is 3.08. The zero-order valence-electron chi connectivity index (χ0n) is 17.4. The summed E-state index contributed by atoms with van der Waals surface area (Å²) in [5.41, 5.74) is 1.25. The van der Waals surface area contributed by atoms with E-state index < -0.39 is 68.1 Å². The molecule has 16 heteroatoms. The number of carbonyl (C=O) groups is 1. The Labute approximate surface area is 202 Å². The van der Waals surface area contributed by atoms with Gasteiger partial charge in [-0.2, -0.15) is 26.3 Å². The van der Waals surface area contributed by atoms with Crippen molar-refractivity contribution in [3.8, 4) is 11.5 Å². The van der Waals surface area contributed by atoms with Crippen molar-refractivity contribution in [2.75, 3.05) is 16.4 Å². The second-order valence-electron chi connectivity index (χ2n) is 6.92. The normalized spacial score (nSPS) is 11.6. The fraction of sp³-hybridized carbons (Fsp3) is 0.100. The molecule has 0 unspecified atom stereocenters. The number of rotatable bonds is 5. The van der Waals surface area contributed by atoms with Crippen molar-refractivity contribution in [3.63, 3.8) is 0 Å². The first-order valence-corrected chi connectivity index (χ1v) is 9.76. The quantitative estimate of drug-likeness (QED) is 0.189. The summed E-state index contributed by atoms with van der Waals surface area (Å²) in [6.07, 6.45) is -8.72. The first kappa shape index (κ1) is 26.3. The van der Waals surface area contributed by atoms with E-state index in [-0.39, 0.29) is 5.69 Å². The summed E-state index contributed by atoms with van der Waals surface area (Å²) >= 11 is 5.51. The van der Waals surface area contributed by atoms with Crippen LogP contribution >= 0.6 is 11.6 Å². The summed E-state index contributed by atoms with van der Waals surface area (Å²) in [5, 5.41) is 14.7. The molecule has 0 aliphatic rings. The molecule has 2 amide bonds. The predicted octanol–water partition coefficient (Wildman–Crippen LogP) is 6.70. The number of hydrogen-bond donors (Lipinski definition) is 3. The molecule has 3 rings (SSSR count). The largest absolute Gasteiger partial charge is 0.450 e. The van der Waals surface area contributed by atoms with Crippen LogP contribution in [0.1, 0.15) is 11.1 Å². The maximum Gasteiger partial charge on any atom is 0.417 e. The first-order chi connectivity index (χ1) is 16.6.